The first-order valence-electron chi connectivity index (χ1n) is 5.85. The Morgan fingerprint density at radius 2 is 1.85 bits per heavy atom. The monoisotopic (exact) mass is 300 g/mol. The van der Waals surface area contributed by atoms with E-state index in [9.17, 15) is 18.0 Å². The summed E-state index contributed by atoms with van der Waals surface area (Å²) in [6.45, 7) is 0. The highest BCUT2D eigenvalue weighted by atomic mass is 32.2. The second kappa shape index (κ2) is 7.01. The standard InChI is InChI=1S/C12H16N2O5S/c13-11(15)8-10(12(16)17)14-20(18,19)7-6-9-4-2-1-3-5-9/h1-5,10,14H,6-8H2,(H2,13,15)(H,16,17)/t10-/m1/s1. The molecule has 8 heteroatoms. The van der Waals surface area contributed by atoms with E-state index >= 15 is 0 Å². The highest BCUT2D eigenvalue weighted by molar-refractivity contribution is 7.89. The molecular formula is C12H16N2O5S. The number of sulfonamides is 1. The van der Waals surface area contributed by atoms with E-state index < -0.39 is 34.4 Å². The number of nitrogens with one attached hydrogen (secondary N) is 1. The van der Waals surface area contributed by atoms with Crippen molar-refractivity contribution in [3.63, 3.8) is 0 Å². The predicted octanol–water partition coefficient (Wildman–Crippen LogP) is -0.523. The molecule has 0 bridgehead atoms. The van der Waals surface area contributed by atoms with Crippen molar-refractivity contribution in [3.05, 3.63) is 35.9 Å². The fourth-order valence-corrected chi connectivity index (χ4v) is 2.79. The summed E-state index contributed by atoms with van der Waals surface area (Å²) in [6.07, 6.45) is -0.334. The molecule has 1 aromatic rings. The molecule has 0 aliphatic heterocycles. The Morgan fingerprint density at radius 1 is 1.25 bits per heavy atom. The number of carboxylic acid groups (broad SMARTS) is 1. The highest BCUT2D eigenvalue weighted by Crippen LogP contribution is 2.03. The zero-order chi connectivity index (χ0) is 15.2. The summed E-state index contributed by atoms with van der Waals surface area (Å²) in [6, 6.07) is 7.38. The molecule has 0 saturated heterocycles. The van der Waals surface area contributed by atoms with Crippen molar-refractivity contribution in [2.75, 3.05) is 5.75 Å². The van der Waals surface area contributed by atoms with Gasteiger partial charge in [-0.2, -0.15) is 0 Å². The molecule has 1 amide bonds. The maximum atomic E-state index is 11.8. The molecule has 1 aromatic carbocycles. The number of primary amides is 1. The molecule has 1 atom stereocenters. The zero-order valence-electron chi connectivity index (χ0n) is 10.7. The molecule has 0 saturated carbocycles. The van der Waals surface area contributed by atoms with E-state index in [1.807, 2.05) is 10.8 Å². The van der Waals surface area contributed by atoms with Crippen LogP contribution in [0.3, 0.4) is 0 Å². The summed E-state index contributed by atoms with van der Waals surface area (Å²) in [5, 5.41) is 8.84. The van der Waals surface area contributed by atoms with Gasteiger partial charge < -0.3 is 10.8 Å². The van der Waals surface area contributed by atoms with E-state index in [1.54, 1.807) is 24.3 Å². The van der Waals surface area contributed by atoms with Gasteiger partial charge in [0.2, 0.25) is 15.9 Å². The average molecular weight is 300 g/mol. The molecule has 110 valence electrons. The van der Waals surface area contributed by atoms with Crippen LogP contribution >= 0.6 is 0 Å². The Bertz CT molecular complexity index is 571. The summed E-state index contributed by atoms with van der Waals surface area (Å²) < 4.78 is 25.5. The van der Waals surface area contributed by atoms with Gasteiger partial charge in [0, 0.05) is 0 Å². The summed E-state index contributed by atoms with van der Waals surface area (Å²) in [7, 11) is -3.81. The first-order valence-corrected chi connectivity index (χ1v) is 7.50. The molecular weight excluding hydrogens is 284 g/mol. The van der Waals surface area contributed by atoms with Gasteiger partial charge in [0.05, 0.1) is 12.2 Å². The number of carbonyl (C=O) groups is 2. The molecule has 0 fully saturated rings. The molecule has 20 heavy (non-hydrogen) atoms. The van der Waals surface area contributed by atoms with Crippen molar-refractivity contribution in [1.29, 1.82) is 0 Å². The zero-order valence-corrected chi connectivity index (χ0v) is 11.5. The average Bonchev–Trinajstić information content (AvgIpc) is 2.36. The van der Waals surface area contributed by atoms with Crippen LogP contribution in [0.4, 0.5) is 0 Å². The lowest BCUT2D eigenvalue weighted by Gasteiger charge is -2.13. The molecule has 7 nitrogen and oxygen atoms in total. The Balaban J connectivity index is 2.63. The van der Waals surface area contributed by atoms with Crippen LogP contribution in [-0.2, 0) is 26.0 Å². The molecule has 0 heterocycles. The van der Waals surface area contributed by atoms with E-state index in [2.05, 4.69) is 0 Å². The van der Waals surface area contributed by atoms with Gasteiger partial charge in [-0.15, -0.1) is 0 Å². The minimum atomic E-state index is -3.81. The van der Waals surface area contributed by atoms with Gasteiger partial charge in [-0.25, -0.2) is 13.1 Å². The lowest BCUT2D eigenvalue weighted by atomic mass is 10.2. The third kappa shape index (κ3) is 5.81. The number of rotatable bonds is 8. The summed E-state index contributed by atoms with van der Waals surface area (Å²) in [4.78, 5) is 21.6. The summed E-state index contributed by atoms with van der Waals surface area (Å²) in [5.41, 5.74) is 5.70. The number of carboxylic acids is 1. The molecule has 1 rings (SSSR count). The fourth-order valence-electron chi connectivity index (χ4n) is 1.55. The van der Waals surface area contributed by atoms with Crippen molar-refractivity contribution >= 4 is 21.9 Å². The van der Waals surface area contributed by atoms with Gasteiger partial charge in [0.15, 0.2) is 0 Å². The second-order valence-corrected chi connectivity index (χ2v) is 6.11. The molecule has 0 unspecified atom stereocenters. The number of aliphatic carboxylic acids is 1. The van der Waals surface area contributed by atoms with E-state index in [-0.39, 0.29) is 12.2 Å². The molecule has 0 aromatic heterocycles. The van der Waals surface area contributed by atoms with Crippen molar-refractivity contribution < 1.29 is 23.1 Å². The summed E-state index contributed by atoms with van der Waals surface area (Å²) >= 11 is 0. The van der Waals surface area contributed by atoms with Crippen LogP contribution in [-0.4, -0.2) is 37.2 Å². The molecule has 0 aliphatic carbocycles. The maximum absolute atomic E-state index is 11.8. The normalized spacial score (nSPS) is 12.8. The van der Waals surface area contributed by atoms with Crippen molar-refractivity contribution in [1.82, 2.24) is 4.72 Å². The topological polar surface area (TPSA) is 127 Å². The van der Waals surface area contributed by atoms with Crippen LogP contribution in [0.1, 0.15) is 12.0 Å². The van der Waals surface area contributed by atoms with E-state index in [4.69, 9.17) is 10.8 Å². The van der Waals surface area contributed by atoms with E-state index in [1.165, 1.54) is 0 Å². The van der Waals surface area contributed by atoms with Crippen LogP contribution in [0.25, 0.3) is 0 Å². The Labute approximate surface area is 116 Å². The van der Waals surface area contributed by atoms with Gasteiger partial charge in [0.25, 0.3) is 0 Å². The van der Waals surface area contributed by atoms with Crippen molar-refractivity contribution in [2.24, 2.45) is 5.73 Å². The van der Waals surface area contributed by atoms with Crippen LogP contribution in [0, 0.1) is 0 Å². The Hall–Kier alpha value is -1.93. The van der Waals surface area contributed by atoms with Crippen molar-refractivity contribution in [3.8, 4) is 0 Å². The largest absolute Gasteiger partial charge is 0.480 e. The third-order valence-electron chi connectivity index (χ3n) is 2.53. The lowest BCUT2D eigenvalue weighted by molar-refractivity contribution is -0.140. The van der Waals surface area contributed by atoms with Crippen LogP contribution in [0.15, 0.2) is 30.3 Å². The smallest absolute Gasteiger partial charge is 0.322 e. The minimum Gasteiger partial charge on any atom is -0.480 e. The fraction of sp³-hybridized carbons (Fsp3) is 0.333. The quantitative estimate of drug-likeness (QED) is 0.595. The maximum Gasteiger partial charge on any atom is 0.322 e. The Kier molecular flexibility index (Phi) is 5.66. The molecule has 0 radical (unpaired) electrons. The predicted molar refractivity (Wildman–Crippen MR) is 72.3 cm³/mol. The lowest BCUT2D eigenvalue weighted by Crippen LogP contribution is -2.44. The number of hydrogen-bond acceptors (Lipinski definition) is 4. The van der Waals surface area contributed by atoms with Crippen LogP contribution in [0.5, 0.6) is 0 Å². The number of benzene rings is 1. The molecule has 0 spiro atoms. The highest BCUT2D eigenvalue weighted by Gasteiger charge is 2.25. The van der Waals surface area contributed by atoms with Gasteiger partial charge in [-0.1, -0.05) is 30.3 Å². The third-order valence-corrected chi connectivity index (χ3v) is 3.91. The number of amides is 1. The van der Waals surface area contributed by atoms with Crippen molar-refractivity contribution in [2.45, 2.75) is 18.9 Å². The van der Waals surface area contributed by atoms with E-state index in [0.29, 0.717) is 0 Å². The van der Waals surface area contributed by atoms with Crippen LogP contribution < -0.4 is 10.5 Å². The number of aryl methyl sites for hydroxylation is 1. The van der Waals surface area contributed by atoms with E-state index in [0.717, 1.165) is 5.56 Å². The van der Waals surface area contributed by atoms with Gasteiger partial charge >= 0.3 is 5.97 Å². The van der Waals surface area contributed by atoms with Gasteiger partial charge in [-0.05, 0) is 12.0 Å². The molecule has 4 N–H and O–H groups in total. The van der Waals surface area contributed by atoms with Gasteiger partial charge in [-0.3, -0.25) is 9.59 Å². The first-order chi connectivity index (χ1) is 9.30. The summed E-state index contributed by atoms with van der Waals surface area (Å²) in [5.74, 6) is -2.59. The number of hydrogen-bond donors (Lipinski definition) is 3. The number of nitrogens with two attached hydrogens (primary N) is 1. The SMILES string of the molecule is NC(=O)C[C@@H](NS(=O)(=O)CCc1ccccc1)C(=O)O. The number of carbonyl (C=O) groups excluding carboxylic acids is 1. The first kappa shape index (κ1) is 16.1. The molecule has 0 aliphatic rings. The second-order valence-electron chi connectivity index (χ2n) is 4.23. The van der Waals surface area contributed by atoms with Crippen LogP contribution in [0.2, 0.25) is 0 Å². The van der Waals surface area contributed by atoms with Gasteiger partial charge in [0.1, 0.15) is 6.04 Å². The Morgan fingerprint density at radius 3 is 2.35 bits per heavy atom. The minimum absolute atomic E-state index is 0.249.